The smallest absolute Gasteiger partial charge is 0.326 e. The summed E-state index contributed by atoms with van der Waals surface area (Å²) in [5.41, 5.74) is 5.44. The number of carboxylic acid groups (broad SMARTS) is 1. The van der Waals surface area contributed by atoms with Crippen molar-refractivity contribution in [2.45, 2.75) is 77.0 Å². The minimum absolute atomic E-state index is 0.0517. The van der Waals surface area contributed by atoms with Crippen LogP contribution in [0.25, 0.3) is 0 Å². The highest BCUT2D eigenvalue weighted by Crippen LogP contribution is 2.19. The maximum atomic E-state index is 12.9. The topological polar surface area (TPSA) is 191 Å². The highest BCUT2D eigenvalue weighted by Gasteiger charge is 2.36. The predicted molar refractivity (Wildman–Crippen MR) is 128 cm³/mol. The van der Waals surface area contributed by atoms with E-state index in [9.17, 15) is 33.9 Å². The molecule has 0 radical (unpaired) electrons. The molecule has 36 heavy (non-hydrogen) atoms. The maximum absolute atomic E-state index is 12.9. The zero-order valence-electron chi connectivity index (χ0n) is 21.1. The van der Waals surface area contributed by atoms with E-state index in [0.717, 1.165) is 0 Å². The van der Waals surface area contributed by atoms with Gasteiger partial charge in [-0.2, -0.15) is 0 Å². The highest BCUT2D eigenvalue weighted by atomic mass is 16.4. The van der Waals surface area contributed by atoms with E-state index < -0.39 is 53.8 Å². The first-order valence-corrected chi connectivity index (χ1v) is 12.4. The molecule has 0 unspecified atom stereocenters. The van der Waals surface area contributed by atoms with Crippen LogP contribution in [0.2, 0.25) is 0 Å². The molecular weight excluding hydrogens is 472 g/mol. The molecule has 0 saturated carbocycles. The van der Waals surface area contributed by atoms with Gasteiger partial charge in [0, 0.05) is 13.1 Å². The Labute approximate surface area is 210 Å². The molecule has 2 fully saturated rings. The lowest BCUT2D eigenvalue weighted by molar-refractivity contribution is -0.148. The molecule has 0 aromatic carbocycles. The highest BCUT2D eigenvalue weighted by molar-refractivity contribution is 5.95. The fraction of sp³-hybridized carbons (Fsp3) is 0.739. The van der Waals surface area contributed by atoms with Crippen LogP contribution < -0.4 is 21.7 Å². The molecule has 2 saturated heterocycles. The second-order valence-electron chi connectivity index (χ2n) is 9.67. The van der Waals surface area contributed by atoms with E-state index in [0.29, 0.717) is 45.2 Å². The third-order valence-corrected chi connectivity index (χ3v) is 6.41. The van der Waals surface area contributed by atoms with Crippen molar-refractivity contribution >= 4 is 35.5 Å². The van der Waals surface area contributed by atoms with E-state index in [-0.39, 0.29) is 24.9 Å². The average molecular weight is 511 g/mol. The summed E-state index contributed by atoms with van der Waals surface area (Å²) in [5, 5.41) is 16.9. The first kappa shape index (κ1) is 29.0. The van der Waals surface area contributed by atoms with Gasteiger partial charge >= 0.3 is 5.97 Å². The van der Waals surface area contributed by atoms with Gasteiger partial charge in [0.1, 0.15) is 24.2 Å². The number of nitrogens with one attached hydrogen (secondary N) is 3. The summed E-state index contributed by atoms with van der Waals surface area (Å²) >= 11 is 0. The molecule has 2 rings (SSSR count). The SMILES string of the molecule is CC(C)C[C@H](NC(=O)[C@@H]1CCCN1C(=O)CN)C(=O)N[C@@H](C)C(=O)NCC(=O)N1CCC[C@H]1C(=O)O. The molecule has 4 atom stereocenters. The largest absolute Gasteiger partial charge is 0.480 e. The number of aliphatic carboxylic acids is 1. The maximum Gasteiger partial charge on any atom is 0.326 e. The zero-order valence-corrected chi connectivity index (χ0v) is 21.1. The zero-order chi connectivity index (χ0) is 27.0. The first-order valence-electron chi connectivity index (χ1n) is 12.4. The molecule has 202 valence electrons. The third-order valence-electron chi connectivity index (χ3n) is 6.41. The predicted octanol–water partition coefficient (Wildman–Crippen LogP) is -1.84. The van der Waals surface area contributed by atoms with E-state index in [1.807, 2.05) is 13.8 Å². The number of carbonyl (C=O) groups excluding carboxylic acids is 5. The molecule has 5 amide bonds. The van der Waals surface area contributed by atoms with Gasteiger partial charge in [-0.1, -0.05) is 13.8 Å². The third kappa shape index (κ3) is 7.64. The Balaban J connectivity index is 1.93. The molecule has 2 aliphatic heterocycles. The molecular formula is C23H38N6O7. The number of hydrogen-bond donors (Lipinski definition) is 5. The minimum atomic E-state index is -1.08. The normalized spacial score (nSPS) is 21.1. The van der Waals surface area contributed by atoms with Gasteiger partial charge in [-0.25, -0.2) is 4.79 Å². The Morgan fingerprint density at radius 1 is 0.889 bits per heavy atom. The lowest BCUT2D eigenvalue weighted by Gasteiger charge is -2.27. The van der Waals surface area contributed by atoms with E-state index in [1.165, 1.54) is 16.7 Å². The summed E-state index contributed by atoms with van der Waals surface area (Å²) in [6.45, 7) is 5.36. The molecule has 0 aromatic rings. The summed E-state index contributed by atoms with van der Waals surface area (Å²) in [6, 6.07) is -3.53. The van der Waals surface area contributed by atoms with Gasteiger partial charge < -0.3 is 36.6 Å². The molecule has 2 heterocycles. The van der Waals surface area contributed by atoms with Crippen LogP contribution in [0.3, 0.4) is 0 Å². The Kier molecular flexibility index (Phi) is 10.6. The Hall–Kier alpha value is -3.22. The summed E-state index contributed by atoms with van der Waals surface area (Å²) in [6.07, 6.45) is 2.38. The van der Waals surface area contributed by atoms with Gasteiger partial charge in [0.2, 0.25) is 29.5 Å². The van der Waals surface area contributed by atoms with Gasteiger partial charge in [0.25, 0.3) is 0 Å². The number of nitrogens with zero attached hydrogens (tertiary/aromatic N) is 2. The molecule has 6 N–H and O–H groups in total. The number of likely N-dealkylation sites (tertiary alicyclic amines) is 2. The van der Waals surface area contributed by atoms with Gasteiger partial charge in [-0.05, 0) is 44.9 Å². The van der Waals surface area contributed by atoms with Crippen LogP contribution in [0.1, 0.15) is 52.9 Å². The lowest BCUT2D eigenvalue weighted by Crippen LogP contribution is -2.56. The summed E-state index contributed by atoms with van der Waals surface area (Å²) in [7, 11) is 0. The van der Waals surface area contributed by atoms with Crippen molar-refractivity contribution < 1.29 is 33.9 Å². The van der Waals surface area contributed by atoms with Gasteiger partial charge in [-0.3, -0.25) is 24.0 Å². The van der Waals surface area contributed by atoms with E-state index in [1.54, 1.807) is 0 Å². The van der Waals surface area contributed by atoms with Crippen molar-refractivity contribution in [3.63, 3.8) is 0 Å². The van der Waals surface area contributed by atoms with Crippen molar-refractivity contribution in [2.75, 3.05) is 26.2 Å². The Bertz CT molecular complexity index is 864. The van der Waals surface area contributed by atoms with E-state index >= 15 is 0 Å². The number of rotatable bonds is 11. The summed E-state index contributed by atoms with van der Waals surface area (Å²) in [4.78, 5) is 76.6. The van der Waals surface area contributed by atoms with Crippen LogP contribution >= 0.6 is 0 Å². The number of amides is 5. The van der Waals surface area contributed by atoms with Gasteiger partial charge in [-0.15, -0.1) is 0 Å². The van der Waals surface area contributed by atoms with Crippen molar-refractivity contribution in [2.24, 2.45) is 11.7 Å². The van der Waals surface area contributed by atoms with Gasteiger partial charge in [0.15, 0.2) is 0 Å². The fourth-order valence-electron chi connectivity index (χ4n) is 4.54. The van der Waals surface area contributed by atoms with Gasteiger partial charge in [0.05, 0.1) is 13.1 Å². The number of carboxylic acids is 1. The number of hydrogen-bond acceptors (Lipinski definition) is 7. The molecule has 13 nitrogen and oxygen atoms in total. The molecule has 0 bridgehead atoms. The molecule has 13 heteroatoms. The van der Waals surface area contributed by atoms with Crippen LogP contribution in [0.5, 0.6) is 0 Å². The number of nitrogens with two attached hydrogens (primary N) is 1. The van der Waals surface area contributed by atoms with E-state index in [4.69, 9.17) is 5.73 Å². The second kappa shape index (κ2) is 13.2. The monoisotopic (exact) mass is 510 g/mol. The second-order valence-corrected chi connectivity index (χ2v) is 9.67. The standard InChI is InChI=1S/C23H38N6O7/c1-13(2)10-15(27-22(34)16-6-4-8-28(16)18(30)11-24)21(33)26-14(3)20(32)25-12-19(31)29-9-5-7-17(29)23(35)36/h13-17H,4-12,24H2,1-3H3,(H,25,32)(H,26,33)(H,27,34)(H,35,36)/t14-,15-,16-,17-/m0/s1. The van der Waals surface area contributed by atoms with E-state index in [2.05, 4.69) is 16.0 Å². The van der Waals surface area contributed by atoms with Crippen molar-refractivity contribution in [3.05, 3.63) is 0 Å². The quantitative estimate of drug-likeness (QED) is 0.214. The van der Waals surface area contributed by atoms with Crippen molar-refractivity contribution in [3.8, 4) is 0 Å². The molecule has 0 spiro atoms. The lowest BCUT2D eigenvalue weighted by atomic mass is 10.0. The van der Waals surface area contributed by atoms with Crippen molar-refractivity contribution in [1.82, 2.24) is 25.8 Å². The first-order chi connectivity index (χ1) is 17.0. The van der Waals surface area contributed by atoms with Crippen LogP contribution in [-0.4, -0.2) is 101 Å². The average Bonchev–Trinajstić information content (AvgIpc) is 3.51. The minimum Gasteiger partial charge on any atom is -0.480 e. The number of carbonyl (C=O) groups is 6. The molecule has 0 aromatic heterocycles. The fourth-order valence-corrected chi connectivity index (χ4v) is 4.54. The molecule has 0 aliphatic carbocycles. The Morgan fingerprint density at radius 3 is 2.03 bits per heavy atom. The van der Waals surface area contributed by atoms with Crippen LogP contribution in [0.4, 0.5) is 0 Å². The molecule has 2 aliphatic rings. The van der Waals surface area contributed by atoms with Crippen molar-refractivity contribution in [1.29, 1.82) is 0 Å². The Morgan fingerprint density at radius 2 is 1.47 bits per heavy atom. The van der Waals surface area contributed by atoms with Crippen LogP contribution in [-0.2, 0) is 28.8 Å². The van der Waals surface area contributed by atoms with Crippen LogP contribution in [0, 0.1) is 5.92 Å². The summed E-state index contributed by atoms with van der Waals surface area (Å²) < 4.78 is 0. The summed E-state index contributed by atoms with van der Waals surface area (Å²) in [5.74, 6) is -3.50. The van der Waals surface area contributed by atoms with Crippen LogP contribution in [0.15, 0.2) is 0 Å².